The van der Waals surface area contributed by atoms with E-state index in [4.69, 9.17) is 17.3 Å². The van der Waals surface area contributed by atoms with E-state index < -0.39 is 0 Å². The number of aryl methyl sites for hydroxylation is 1. The van der Waals surface area contributed by atoms with E-state index in [1.54, 1.807) is 0 Å². The summed E-state index contributed by atoms with van der Waals surface area (Å²) in [4.78, 5) is 14.1. The third kappa shape index (κ3) is 1.82. The minimum Gasteiger partial charge on any atom is -0.394 e. The van der Waals surface area contributed by atoms with E-state index in [2.05, 4.69) is 4.98 Å². The van der Waals surface area contributed by atoms with Gasteiger partial charge in [0.15, 0.2) is 0 Å². The molecular weight excluding hydrogens is 224 g/mol. The standard InChI is InChI=1S/C12H11ClN2O/c1-7-4-2-3-5-8(7)11-9(13)6-10(14)12(16)15-11/h2-6H,14H2,1H3,(H,15,16). The van der Waals surface area contributed by atoms with E-state index in [9.17, 15) is 4.79 Å². The van der Waals surface area contributed by atoms with E-state index in [-0.39, 0.29) is 11.2 Å². The first-order valence-electron chi connectivity index (χ1n) is 4.84. The fourth-order valence-corrected chi connectivity index (χ4v) is 1.84. The number of nitrogen functional groups attached to an aromatic ring is 1. The van der Waals surface area contributed by atoms with Crippen molar-refractivity contribution in [2.75, 3.05) is 5.73 Å². The van der Waals surface area contributed by atoms with Gasteiger partial charge in [-0.2, -0.15) is 0 Å². The molecule has 82 valence electrons. The molecule has 0 saturated carbocycles. The summed E-state index contributed by atoms with van der Waals surface area (Å²) in [6.45, 7) is 1.96. The van der Waals surface area contributed by atoms with Gasteiger partial charge in [0.05, 0.1) is 16.4 Å². The van der Waals surface area contributed by atoms with Gasteiger partial charge in [0.25, 0.3) is 5.56 Å². The monoisotopic (exact) mass is 234 g/mol. The topological polar surface area (TPSA) is 58.9 Å². The lowest BCUT2D eigenvalue weighted by Crippen LogP contribution is -2.12. The SMILES string of the molecule is Cc1ccccc1-c1[nH]c(=O)c(N)cc1Cl. The number of aromatic nitrogens is 1. The summed E-state index contributed by atoms with van der Waals surface area (Å²) in [5, 5.41) is 0.450. The Morgan fingerprint density at radius 1 is 1.31 bits per heavy atom. The summed E-state index contributed by atoms with van der Waals surface area (Å²) in [6, 6.07) is 9.17. The van der Waals surface area contributed by atoms with Gasteiger partial charge in [-0.05, 0) is 18.6 Å². The number of hydrogen-bond acceptors (Lipinski definition) is 2. The number of pyridine rings is 1. The molecule has 0 aliphatic carbocycles. The third-order valence-corrected chi connectivity index (χ3v) is 2.73. The number of nitrogens with two attached hydrogens (primary N) is 1. The molecule has 0 bridgehead atoms. The molecule has 1 aromatic carbocycles. The number of hydrogen-bond donors (Lipinski definition) is 2. The zero-order chi connectivity index (χ0) is 11.7. The van der Waals surface area contributed by atoms with Crippen LogP contribution in [0.3, 0.4) is 0 Å². The second-order valence-electron chi connectivity index (χ2n) is 3.59. The molecule has 3 N–H and O–H groups in total. The van der Waals surface area contributed by atoms with Crippen LogP contribution in [0.25, 0.3) is 11.3 Å². The second kappa shape index (κ2) is 4.02. The molecule has 2 rings (SSSR count). The van der Waals surface area contributed by atoms with Crippen LogP contribution >= 0.6 is 11.6 Å². The minimum absolute atomic E-state index is 0.127. The van der Waals surface area contributed by atoms with E-state index in [1.807, 2.05) is 31.2 Å². The Morgan fingerprint density at radius 3 is 2.69 bits per heavy atom. The lowest BCUT2D eigenvalue weighted by atomic mass is 10.1. The van der Waals surface area contributed by atoms with Crippen molar-refractivity contribution >= 4 is 17.3 Å². The Hall–Kier alpha value is -1.74. The van der Waals surface area contributed by atoms with E-state index in [0.717, 1.165) is 11.1 Å². The maximum atomic E-state index is 11.4. The molecule has 0 aliphatic heterocycles. The van der Waals surface area contributed by atoms with Gasteiger partial charge in [0.1, 0.15) is 0 Å². The molecule has 1 aromatic heterocycles. The Morgan fingerprint density at radius 2 is 2.00 bits per heavy atom. The zero-order valence-corrected chi connectivity index (χ0v) is 9.51. The van der Waals surface area contributed by atoms with Gasteiger partial charge in [-0.15, -0.1) is 0 Å². The molecule has 2 aromatic rings. The molecule has 3 nitrogen and oxygen atoms in total. The molecule has 0 spiro atoms. The molecule has 1 heterocycles. The van der Waals surface area contributed by atoms with Crippen LogP contribution in [0, 0.1) is 6.92 Å². The fourth-order valence-electron chi connectivity index (χ4n) is 1.57. The Bertz CT molecular complexity index is 590. The summed E-state index contributed by atoms with van der Waals surface area (Å²) in [7, 11) is 0. The molecule has 0 atom stereocenters. The maximum absolute atomic E-state index is 11.4. The van der Waals surface area contributed by atoms with Crippen LogP contribution in [0.15, 0.2) is 35.1 Å². The molecule has 16 heavy (non-hydrogen) atoms. The molecule has 0 fully saturated rings. The van der Waals surface area contributed by atoms with Crippen LogP contribution in [0.2, 0.25) is 5.02 Å². The highest BCUT2D eigenvalue weighted by molar-refractivity contribution is 6.33. The summed E-state index contributed by atoms with van der Waals surface area (Å²) in [5.41, 5.74) is 7.85. The van der Waals surface area contributed by atoms with Crippen molar-refractivity contribution in [2.24, 2.45) is 0 Å². The van der Waals surface area contributed by atoms with Gasteiger partial charge >= 0.3 is 0 Å². The van der Waals surface area contributed by atoms with Crippen LogP contribution < -0.4 is 11.3 Å². The molecule has 4 heteroatoms. The molecule has 0 saturated heterocycles. The van der Waals surface area contributed by atoms with Crippen LogP contribution in [0.5, 0.6) is 0 Å². The first kappa shape index (κ1) is 10.8. The Labute approximate surface area is 97.9 Å². The summed E-state index contributed by atoms with van der Waals surface area (Å²) >= 11 is 6.06. The van der Waals surface area contributed by atoms with Crippen LogP contribution in [0.1, 0.15) is 5.56 Å². The summed E-state index contributed by atoms with van der Waals surface area (Å²) < 4.78 is 0. The van der Waals surface area contributed by atoms with Crippen molar-refractivity contribution in [2.45, 2.75) is 6.92 Å². The Balaban J connectivity index is 2.70. The number of rotatable bonds is 1. The highest BCUT2D eigenvalue weighted by atomic mass is 35.5. The highest BCUT2D eigenvalue weighted by Gasteiger charge is 2.08. The largest absolute Gasteiger partial charge is 0.394 e. The number of aromatic amines is 1. The van der Waals surface area contributed by atoms with Crippen molar-refractivity contribution in [1.29, 1.82) is 0 Å². The van der Waals surface area contributed by atoms with Crippen LogP contribution in [0.4, 0.5) is 5.69 Å². The molecule has 0 unspecified atom stereocenters. The van der Waals surface area contributed by atoms with E-state index >= 15 is 0 Å². The normalized spacial score (nSPS) is 10.4. The van der Waals surface area contributed by atoms with E-state index in [0.29, 0.717) is 10.7 Å². The number of H-pyrrole nitrogens is 1. The third-order valence-electron chi connectivity index (χ3n) is 2.44. The first-order valence-corrected chi connectivity index (χ1v) is 5.21. The molecule has 0 radical (unpaired) electrons. The van der Waals surface area contributed by atoms with Crippen molar-refractivity contribution in [3.8, 4) is 11.3 Å². The minimum atomic E-state index is -0.317. The van der Waals surface area contributed by atoms with Crippen molar-refractivity contribution in [3.63, 3.8) is 0 Å². The van der Waals surface area contributed by atoms with Gasteiger partial charge in [-0.1, -0.05) is 35.9 Å². The molecule has 0 aliphatic rings. The quantitative estimate of drug-likeness (QED) is 0.797. The van der Waals surface area contributed by atoms with Gasteiger partial charge in [-0.25, -0.2) is 0 Å². The number of halogens is 1. The maximum Gasteiger partial charge on any atom is 0.271 e. The average Bonchev–Trinajstić information content (AvgIpc) is 2.25. The second-order valence-corrected chi connectivity index (χ2v) is 4.00. The smallest absolute Gasteiger partial charge is 0.271 e. The van der Waals surface area contributed by atoms with Crippen LogP contribution in [-0.2, 0) is 0 Å². The lowest BCUT2D eigenvalue weighted by Gasteiger charge is -2.07. The Kier molecular flexibility index (Phi) is 2.71. The van der Waals surface area contributed by atoms with Crippen molar-refractivity contribution in [3.05, 3.63) is 51.3 Å². The highest BCUT2D eigenvalue weighted by Crippen LogP contribution is 2.27. The van der Waals surface area contributed by atoms with Gasteiger partial charge in [0.2, 0.25) is 0 Å². The molecular formula is C12H11ClN2O. The van der Waals surface area contributed by atoms with Crippen molar-refractivity contribution in [1.82, 2.24) is 4.98 Å². The summed E-state index contributed by atoms with van der Waals surface area (Å²) in [6.07, 6.45) is 0. The number of benzene rings is 1. The van der Waals surface area contributed by atoms with Crippen molar-refractivity contribution < 1.29 is 0 Å². The predicted molar refractivity (Wildman–Crippen MR) is 66.7 cm³/mol. The zero-order valence-electron chi connectivity index (χ0n) is 8.75. The lowest BCUT2D eigenvalue weighted by molar-refractivity contribution is 1.24. The first-order chi connectivity index (χ1) is 7.59. The fraction of sp³-hybridized carbons (Fsp3) is 0.0833. The number of anilines is 1. The van der Waals surface area contributed by atoms with Gasteiger partial charge in [0, 0.05) is 5.56 Å². The average molecular weight is 235 g/mol. The summed E-state index contributed by atoms with van der Waals surface area (Å²) in [5.74, 6) is 0. The predicted octanol–water partition coefficient (Wildman–Crippen LogP) is 2.59. The van der Waals surface area contributed by atoms with Gasteiger partial charge in [-0.3, -0.25) is 4.79 Å². The van der Waals surface area contributed by atoms with Gasteiger partial charge < -0.3 is 10.7 Å². The molecule has 0 amide bonds. The van der Waals surface area contributed by atoms with E-state index in [1.165, 1.54) is 6.07 Å². The van der Waals surface area contributed by atoms with Crippen LogP contribution in [-0.4, -0.2) is 4.98 Å². The number of nitrogens with one attached hydrogen (secondary N) is 1.